The first-order valence-corrected chi connectivity index (χ1v) is 8.14. The van der Waals surface area contributed by atoms with E-state index in [1.54, 1.807) is 24.3 Å². The van der Waals surface area contributed by atoms with Crippen molar-refractivity contribution in [3.05, 3.63) is 47.9 Å². The van der Waals surface area contributed by atoms with E-state index in [0.29, 0.717) is 34.4 Å². The van der Waals surface area contributed by atoms with E-state index in [9.17, 15) is 4.79 Å². The van der Waals surface area contributed by atoms with Crippen LogP contribution in [0.5, 0.6) is 23.0 Å². The topological polar surface area (TPSA) is 113 Å². The third-order valence-electron chi connectivity index (χ3n) is 3.85. The zero-order chi connectivity index (χ0) is 20.1. The maximum absolute atomic E-state index is 10.9. The molecule has 9 nitrogen and oxygen atoms in total. The van der Waals surface area contributed by atoms with Crippen LogP contribution >= 0.6 is 0 Å². The Morgan fingerprint density at radius 1 is 1.04 bits per heavy atom. The fourth-order valence-electron chi connectivity index (χ4n) is 2.48. The van der Waals surface area contributed by atoms with Gasteiger partial charge in [-0.1, -0.05) is 5.16 Å². The van der Waals surface area contributed by atoms with Crippen molar-refractivity contribution in [3.63, 3.8) is 0 Å². The van der Waals surface area contributed by atoms with Crippen LogP contribution < -0.4 is 18.9 Å². The van der Waals surface area contributed by atoms with Gasteiger partial charge in [0.1, 0.15) is 5.75 Å². The Labute approximate surface area is 160 Å². The van der Waals surface area contributed by atoms with Gasteiger partial charge in [0.2, 0.25) is 11.6 Å². The maximum Gasteiger partial charge on any atom is 0.335 e. The van der Waals surface area contributed by atoms with Crippen LogP contribution in [-0.4, -0.2) is 42.5 Å². The van der Waals surface area contributed by atoms with Crippen molar-refractivity contribution in [2.75, 3.05) is 21.3 Å². The number of carboxylic acid groups (broad SMARTS) is 1. The Hall–Kier alpha value is -3.75. The third kappa shape index (κ3) is 3.98. The van der Waals surface area contributed by atoms with Gasteiger partial charge in [-0.05, 0) is 36.4 Å². The van der Waals surface area contributed by atoms with Crippen LogP contribution in [0.1, 0.15) is 16.2 Å². The molecule has 0 atom stereocenters. The van der Waals surface area contributed by atoms with Gasteiger partial charge < -0.3 is 28.6 Å². The Balaban J connectivity index is 1.76. The minimum atomic E-state index is -1.00. The number of benzene rings is 2. The van der Waals surface area contributed by atoms with Gasteiger partial charge in [0, 0.05) is 5.56 Å². The average Bonchev–Trinajstić information content (AvgIpc) is 3.20. The fourth-order valence-corrected chi connectivity index (χ4v) is 2.48. The molecule has 3 aromatic rings. The quantitative estimate of drug-likeness (QED) is 0.624. The first-order valence-electron chi connectivity index (χ1n) is 8.14. The monoisotopic (exact) mass is 386 g/mol. The van der Waals surface area contributed by atoms with E-state index < -0.39 is 5.97 Å². The molecule has 0 unspecified atom stereocenters. The summed E-state index contributed by atoms with van der Waals surface area (Å²) in [6.45, 7) is 0.0316. The molecule has 2 aromatic carbocycles. The van der Waals surface area contributed by atoms with E-state index in [4.69, 9.17) is 28.6 Å². The standard InChI is InChI=1S/C19H18N2O7/c1-24-14-8-12(9-15(25-2)17(14)26-3)18-20-16(28-21-18)10-27-13-6-4-11(5-7-13)19(22)23/h4-9H,10H2,1-3H3,(H,22,23). The molecule has 1 N–H and O–H groups in total. The number of hydrogen-bond acceptors (Lipinski definition) is 8. The van der Waals surface area contributed by atoms with Crippen molar-refractivity contribution in [2.45, 2.75) is 6.61 Å². The number of aromatic carboxylic acids is 1. The summed E-state index contributed by atoms with van der Waals surface area (Å²) in [4.78, 5) is 15.2. The van der Waals surface area contributed by atoms with Crippen LogP contribution in [0, 0.1) is 0 Å². The van der Waals surface area contributed by atoms with Crippen LogP contribution in [0.4, 0.5) is 0 Å². The summed E-state index contributed by atoms with van der Waals surface area (Å²) in [7, 11) is 4.56. The Kier molecular flexibility index (Phi) is 5.64. The maximum atomic E-state index is 10.9. The molecule has 1 heterocycles. The van der Waals surface area contributed by atoms with Crippen molar-refractivity contribution in [1.82, 2.24) is 10.1 Å². The Morgan fingerprint density at radius 2 is 1.68 bits per heavy atom. The van der Waals surface area contributed by atoms with Gasteiger partial charge in [-0.15, -0.1) is 0 Å². The number of methoxy groups -OCH3 is 3. The minimum Gasteiger partial charge on any atom is -0.493 e. The van der Waals surface area contributed by atoms with Gasteiger partial charge in [0.25, 0.3) is 5.89 Å². The van der Waals surface area contributed by atoms with Crippen LogP contribution in [0.2, 0.25) is 0 Å². The lowest BCUT2D eigenvalue weighted by Crippen LogP contribution is -1.98. The lowest BCUT2D eigenvalue weighted by molar-refractivity contribution is 0.0697. The van der Waals surface area contributed by atoms with E-state index in [1.807, 2.05) is 0 Å². The Bertz CT molecular complexity index is 942. The number of carboxylic acids is 1. The fraction of sp³-hybridized carbons (Fsp3) is 0.211. The zero-order valence-corrected chi connectivity index (χ0v) is 15.5. The van der Waals surface area contributed by atoms with Crippen molar-refractivity contribution in [1.29, 1.82) is 0 Å². The minimum absolute atomic E-state index is 0.0316. The molecule has 28 heavy (non-hydrogen) atoms. The van der Waals surface area contributed by atoms with Gasteiger partial charge in [0.05, 0.1) is 26.9 Å². The largest absolute Gasteiger partial charge is 0.493 e. The van der Waals surface area contributed by atoms with Gasteiger partial charge in [-0.2, -0.15) is 4.98 Å². The molecule has 3 rings (SSSR count). The normalized spacial score (nSPS) is 10.4. The second-order valence-electron chi connectivity index (χ2n) is 5.54. The molecule has 0 amide bonds. The molecule has 146 valence electrons. The zero-order valence-electron chi connectivity index (χ0n) is 15.5. The lowest BCUT2D eigenvalue weighted by atomic mass is 10.1. The molecule has 0 aliphatic carbocycles. The molecule has 0 spiro atoms. The third-order valence-corrected chi connectivity index (χ3v) is 3.85. The van der Waals surface area contributed by atoms with Crippen LogP contribution in [-0.2, 0) is 6.61 Å². The first kappa shape index (κ1) is 19.0. The molecular formula is C19H18N2O7. The van der Waals surface area contributed by atoms with Gasteiger partial charge in [-0.25, -0.2) is 4.79 Å². The number of nitrogens with zero attached hydrogens (tertiary/aromatic N) is 2. The summed E-state index contributed by atoms with van der Waals surface area (Å²) < 4.78 is 26.7. The number of rotatable bonds is 8. The van der Waals surface area contributed by atoms with E-state index in [0.717, 1.165) is 0 Å². The number of aromatic nitrogens is 2. The summed E-state index contributed by atoms with van der Waals surface area (Å²) in [5.74, 6) is 1.47. The van der Waals surface area contributed by atoms with Crippen LogP contribution in [0.3, 0.4) is 0 Å². The summed E-state index contributed by atoms with van der Waals surface area (Å²) in [5, 5.41) is 12.8. The highest BCUT2D eigenvalue weighted by atomic mass is 16.5. The number of carbonyl (C=O) groups is 1. The molecule has 0 radical (unpaired) electrons. The van der Waals surface area contributed by atoms with Gasteiger partial charge in [0.15, 0.2) is 18.1 Å². The smallest absolute Gasteiger partial charge is 0.335 e. The van der Waals surface area contributed by atoms with Crippen LogP contribution in [0.25, 0.3) is 11.4 Å². The molecule has 1 aromatic heterocycles. The SMILES string of the molecule is COc1cc(-c2noc(COc3ccc(C(=O)O)cc3)n2)cc(OC)c1OC. The second kappa shape index (κ2) is 8.30. The highest BCUT2D eigenvalue weighted by Crippen LogP contribution is 2.40. The van der Waals surface area contributed by atoms with Gasteiger partial charge >= 0.3 is 5.97 Å². The second-order valence-corrected chi connectivity index (χ2v) is 5.54. The lowest BCUT2D eigenvalue weighted by Gasteiger charge is -2.12. The molecular weight excluding hydrogens is 368 g/mol. The first-order chi connectivity index (χ1) is 13.5. The van der Waals surface area contributed by atoms with Crippen molar-refractivity contribution in [3.8, 4) is 34.4 Å². The van der Waals surface area contributed by atoms with E-state index >= 15 is 0 Å². The molecule has 0 aliphatic heterocycles. The Morgan fingerprint density at radius 3 is 2.21 bits per heavy atom. The van der Waals surface area contributed by atoms with E-state index in [1.165, 1.54) is 33.5 Å². The number of hydrogen-bond donors (Lipinski definition) is 1. The number of ether oxygens (including phenoxy) is 4. The van der Waals surface area contributed by atoms with Crippen molar-refractivity contribution in [2.24, 2.45) is 0 Å². The van der Waals surface area contributed by atoms with E-state index in [2.05, 4.69) is 10.1 Å². The molecule has 0 aliphatic rings. The van der Waals surface area contributed by atoms with E-state index in [-0.39, 0.29) is 18.1 Å². The van der Waals surface area contributed by atoms with Crippen molar-refractivity contribution >= 4 is 5.97 Å². The summed E-state index contributed by atoms with van der Waals surface area (Å²) in [6, 6.07) is 9.43. The molecule has 9 heteroatoms. The van der Waals surface area contributed by atoms with Crippen molar-refractivity contribution < 1.29 is 33.4 Å². The molecule has 0 fully saturated rings. The highest BCUT2D eigenvalue weighted by molar-refractivity contribution is 5.87. The molecule has 0 saturated carbocycles. The molecule has 0 saturated heterocycles. The molecule has 0 bridgehead atoms. The van der Waals surface area contributed by atoms with Gasteiger partial charge in [-0.3, -0.25) is 0 Å². The summed E-state index contributed by atoms with van der Waals surface area (Å²) in [5.41, 5.74) is 0.796. The average molecular weight is 386 g/mol. The predicted molar refractivity (Wildman–Crippen MR) is 97.1 cm³/mol. The van der Waals surface area contributed by atoms with Crippen LogP contribution in [0.15, 0.2) is 40.9 Å². The highest BCUT2D eigenvalue weighted by Gasteiger charge is 2.17. The summed E-state index contributed by atoms with van der Waals surface area (Å²) >= 11 is 0. The summed E-state index contributed by atoms with van der Waals surface area (Å²) in [6.07, 6.45) is 0. The predicted octanol–water partition coefficient (Wildman–Crippen LogP) is 3.04.